The van der Waals surface area contributed by atoms with Gasteiger partial charge in [-0.05, 0) is 12.5 Å². The summed E-state index contributed by atoms with van der Waals surface area (Å²) in [5, 5.41) is 8.51. The van der Waals surface area contributed by atoms with Crippen LogP contribution in [0.25, 0.3) is 0 Å². The molecule has 0 aromatic heterocycles. The third-order valence-electron chi connectivity index (χ3n) is 2.98. The first-order valence-corrected chi connectivity index (χ1v) is 7.75. The van der Waals surface area contributed by atoms with Crippen LogP contribution in [0.15, 0.2) is 24.3 Å². The summed E-state index contributed by atoms with van der Waals surface area (Å²) in [6.07, 6.45) is 0. The number of ether oxygens (including phenoxy) is 4. The Kier molecular flexibility index (Phi) is 11.3. The summed E-state index contributed by atoms with van der Waals surface area (Å²) < 4.78 is 21.2. The molecular weight excluding hydrogens is 300 g/mol. The molecule has 0 atom stereocenters. The highest BCUT2D eigenvalue weighted by Gasteiger charge is 1.99. The highest BCUT2D eigenvalue weighted by Crippen LogP contribution is 2.06. The molecule has 1 aromatic carbocycles. The zero-order valence-corrected chi connectivity index (χ0v) is 13.7. The van der Waals surface area contributed by atoms with Gasteiger partial charge in [-0.15, -0.1) is 0 Å². The topological polar surface area (TPSA) is 74.2 Å². The third kappa shape index (κ3) is 10.1. The van der Waals surface area contributed by atoms with Crippen molar-refractivity contribution >= 4 is 5.78 Å². The molecule has 0 amide bonds. The van der Waals surface area contributed by atoms with Crippen LogP contribution in [0.4, 0.5) is 0 Å². The van der Waals surface area contributed by atoms with E-state index < -0.39 is 0 Å². The molecule has 23 heavy (non-hydrogen) atoms. The lowest BCUT2D eigenvalue weighted by Crippen LogP contribution is -2.12. The highest BCUT2D eigenvalue weighted by molar-refractivity contribution is 5.93. The van der Waals surface area contributed by atoms with Crippen LogP contribution in [0.1, 0.15) is 22.8 Å². The maximum atomic E-state index is 11.2. The Labute approximate surface area is 137 Å². The molecule has 1 aromatic rings. The van der Waals surface area contributed by atoms with E-state index in [0.717, 1.165) is 5.56 Å². The number of hydrogen-bond donors (Lipinski definition) is 1. The first kappa shape index (κ1) is 19.7. The molecule has 0 saturated carbocycles. The van der Waals surface area contributed by atoms with Crippen molar-refractivity contribution in [1.82, 2.24) is 0 Å². The predicted molar refractivity (Wildman–Crippen MR) is 85.6 cm³/mol. The van der Waals surface area contributed by atoms with Gasteiger partial charge in [0.2, 0.25) is 0 Å². The number of aliphatic hydroxyl groups excluding tert-OH is 1. The number of carbonyl (C=O) groups is 1. The molecule has 1 N–H and O–H groups in total. The normalized spacial score (nSPS) is 10.9. The quantitative estimate of drug-likeness (QED) is 0.412. The van der Waals surface area contributed by atoms with Crippen molar-refractivity contribution in [3.05, 3.63) is 35.4 Å². The summed E-state index contributed by atoms with van der Waals surface area (Å²) in [5.74, 6) is 0.0630. The van der Waals surface area contributed by atoms with E-state index in [9.17, 15) is 4.79 Å². The maximum absolute atomic E-state index is 11.2. The number of hydrogen-bond acceptors (Lipinski definition) is 6. The van der Waals surface area contributed by atoms with E-state index in [-0.39, 0.29) is 12.4 Å². The van der Waals surface area contributed by atoms with E-state index in [4.69, 9.17) is 24.1 Å². The zero-order chi connectivity index (χ0) is 16.8. The van der Waals surface area contributed by atoms with Crippen LogP contribution in [0, 0.1) is 0 Å². The summed E-state index contributed by atoms with van der Waals surface area (Å²) in [4.78, 5) is 11.2. The highest BCUT2D eigenvalue weighted by atomic mass is 16.6. The molecule has 0 bridgehead atoms. The van der Waals surface area contributed by atoms with Crippen molar-refractivity contribution in [2.75, 3.05) is 52.9 Å². The number of carbonyl (C=O) groups excluding carboxylic acids is 1. The Morgan fingerprint density at radius 3 is 1.78 bits per heavy atom. The molecule has 6 heteroatoms. The van der Waals surface area contributed by atoms with Gasteiger partial charge in [-0.3, -0.25) is 4.79 Å². The first-order chi connectivity index (χ1) is 11.2. The van der Waals surface area contributed by atoms with E-state index in [0.29, 0.717) is 58.4 Å². The minimum Gasteiger partial charge on any atom is -0.394 e. The smallest absolute Gasteiger partial charge is 0.159 e. The number of aliphatic hydroxyl groups is 1. The molecule has 130 valence electrons. The average molecular weight is 326 g/mol. The van der Waals surface area contributed by atoms with E-state index in [1.54, 1.807) is 19.1 Å². The van der Waals surface area contributed by atoms with Crippen molar-refractivity contribution in [1.29, 1.82) is 0 Å². The van der Waals surface area contributed by atoms with Gasteiger partial charge in [-0.25, -0.2) is 0 Å². The Bertz CT molecular complexity index is 418. The molecule has 0 heterocycles. The first-order valence-electron chi connectivity index (χ1n) is 7.75. The third-order valence-corrected chi connectivity index (χ3v) is 2.98. The monoisotopic (exact) mass is 326 g/mol. The van der Waals surface area contributed by atoms with Gasteiger partial charge in [0.1, 0.15) is 0 Å². The van der Waals surface area contributed by atoms with Crippen LogP contribution in [-0.4, -0.2) is 63.7 Å². The van der Waals surface area contributed by atoms with Crippen LogP contribution in [0.3, 0.4) is 0 Å². The van der Waals surface area contributed by atoms with Gasteiger partial charge in [-0.1, -0.05) is 24.3 Å². The molecule has 1 rings (SSSR count). The van der Waals surface area contributed by atoms with Gasteiger partial charge in [-0.2, -0.15) is 0 Å². The second-order valence-electron chi connectivity index (χ2n) is 4.87. The number of Topliss-reactive ketones (excluding diaryl/α,β-unsaturated/α-hetero) is 1. The van der Waals surface area contributed by atoms with Crippen molar-refractivity contribution in [2.24, 2.45) is 0 Å². The number of benzene rings is 1. The van der Waals surface area contributed by atoms with Gasteiger partial charge in [0.25, 0.3) is 0 Å². The van der Waals surface area contributed by atoms with E-state index >= 15 is 0 Å². The van der Waals surface area contributed by atoms with Gasteiger partial charge in [0.15, 0.2) is 5.78 Å². The molecule has 6 nitrogen and oxygen atoms in total. The van der Waals surface area contributed by atoms with E-state index in [1.165, 1.54) is 0 Å². The molecule has 0 saturated heterocycles. The number of ketones is 1. The molecule has 0 aliphatic heterocycles. The predicted octanol–water partition coefficient (Wildman–Crippen LogP) is 1.45. The fourth-order valence-corrected chi connectivity index (χ4v) is 1.75. The summed E-state index contributed by atoms with van der Waals surface area (Å²) in [6, 6.07) is 7.40. The second kappa shape index (κ2) is 13.2. The average Bonchev–Trinajstić information content (AvgIpc) is 2.56. The zero-order valence-electron chi connectivity index (χ0n) is 13.7. The van der Waals surface area contributed by atoms with Gasteiger partial charge < -0.3 is 24.1 Å². The lowest BCUT2D eigenvalue weighted by atomic mass is 10.1. The lowest BCUT2D eigenvalue weighted by Gasteiger charge is -2.07. The van der Waals surface area contributed by atoms with Crippen LogP contribution < -0.4 is 0 Å². The fraction of sp³-hybridized carbons (Fsp3) is 0.588. The Morgan fingerprint density at radius 2 is 1.30 bits per heavy atom. The van der Waals surface area contributed by atoms with E-state index in [1.807, 2.05) is 12.1 Å². The van der Waals surface area contributed by atoms with Crippen molar-refractivity contribution in [3.8, 4) is 0 Å². The summed E-state index contributed by atoms with van der Waals surface area (Å²) in [7, 11) is 0. The molecule has 0 fully saturated rings. The van der Waals surface area contributed by atoms with Gasteiger partial charge in [0.05, 0.1) is 59.5 Å². The molecule has 0 unspecified atom stereocenters. The van der Waals surface area contributed by atoms with Crippen molar-refractivity contribution < 1.29 is 28.8 Å². The minimum atomic E-state index is 0.0317. The Morgan fingerprint density at radius 1 is 0.826 bits per heavy atom. The summed E-state index contributed by atoms with van der Waals surface area (Å²) in [6.45, 7) is 5.44. The Hall–Kier alpha value is -1.31. The van der Waals surface area contributed by atoms with Crippen LogP contribution in [0.2, 0.25) is 0 Å². The standard InChI is InChI=1S/C17H26O6/c1-15(19)17-4-2-16(3-5-17)14-23-13-12-22-11-10-21-9-8-20-7-6-18/h2-5,18H,6-14H2,1H3. The largest absolute Gasteiger partial charge is 0.394 e. The van der Waals surface area contributed by atoms with Crippen LogP contribution in [0.5, 0.6) is 0 Å². The van der Waals surface area contributed by atoms with Crippen molar-refractivity contribution in [2.45, 2.75) is 13.5 Å². The molecule has 0 aliphatic rings. The van der Waals surface area contributed by atoms with Crippen molar-refractivity contribution in [3.63, 3.8) is 0 Å². The van der Waals surface area contributed by atoms with Crippen LogP contribution >= 0.6 is 0 Å². The molecule has 0 radical (unpaired) electrons. The summed E-state index contributed by atoms with van der Waals surface area (Å²) in [5.41, 5.74) is 1.74. The fourth-order valence-electron chi connectivity index (χ4n) is 1.75. The SMILES string of the molecule is CC(=O)c1ccc(COCCOCCOCCOCCO)cc1. The molecule has 0 spiro atoms. The van der Waals surface area contributed by atoms with Gasteiger partial charge >= 0.3 is 0 Å². The minimum absolute atomic E-state index is 0.0317. The molecular formula is C17H26O6. The Balaban J connectivity index is 1.90. The maximum Gasteiger partial charge on any atom is 0.159 e. The second-order valence-corrected chi connectivity index (χ2v) is 4.87. The van der Waals surface area contributed by atoms with Gasteiger partial charge in [0, 0.05) is 5.56 Å². The lowest BCUT2D eigenvalue weighted by molar-refractivity contribution is -0.00743. The summed E-state index contributed by atoms with van der Waals surface area (Å²) >= 11 is 0. The van der Waals surface area contributed by atoms with Crippen LogP contribution in [-0.2, 0) is 25.6 Å². The number of rotatable bonds is 14. The molecule has 0 aliphatic carbocycles. The van der Waals surface area contributed by atoms with E-state index in [2.05, 4.69) is 0 Å².